The summed E-state index contributed by atoms with van der Waals surface area (Å²) >= 11 is 3.45. The van der Waals surface area contributed by atoms with Crippen molar-refractivity contribution in [2.45, 2.75) is 25.1 Å². The first-order chi connectivity index (χ1) is 10.1. The van der Waals surface area contributed by atoms with Gasteiger partial charge in [0.05, 0.1) is 6.10 Å². The molecule has 0 amide bonds. The van der Waals surface area contributed by atoms with E-state index in [1.54, 1.807) is 0 Å². The Bertz CT molecular complexity index is 547. The van der Waals surface area contributed by atoms with Gasteiger partial charge >= 0.3 is 0 Å². The minimum absolute atomic E-state index is 0.262. The van der Waals surface area contributed by atoms with Gasteiger partial charge < -0.3 is 16.2 Å². The van der Waals surface area contributed by atoms with Crippen molar-refractivity contribution in [3.63, 3.8) is 0 Å². The molecule has 0 spiro atoms. The number of benzene rings is 2. The summed E-state index contributed by atoms with van der Waals surface area (Å²) in [5, 5.41) is 13.4. The van der Waals surface area contributed by atoms with Crippen LogP contribution in [0.1, 0.15) is 11.1 Å². The van der Waals surface area contributed by atoms with Gasteiger partial charge in [0.2, 0.25) is 0 Å². The van der Waals surface area contributed by atoms with Crippen molar-refractivity contribution in [1.29, 1.82) is 0 Å². The van der Waals surface area contributed by atoms with Gasteiger partial charge in [-0.05, 0) is 29.7 Å². The average Bonchev–Trinajstić information content (AvgIpc) is 2.48. The minimum Gasteiger partial charge on any atom is -0.390 e. The van der Waals surface area contributed by atoms with Crippen LogP contribution in [-0.4, -0.2) is 23.8 Å². The number of rotatable bonds is 7. The largest absolute Gasteiger partial charge is 0.390 e. The lowest BCUT2D eigenvalue weighted by atomic mass is 10.0. The van der Waals surface area contributed by atoms with Gasteiger partial charge in [-0.3, -0.25) is 0 Å². The fourth-order valence-electron chi connectivity index (χ4n) is 2.18. The van der Waals surface area contributed by atoms with Crippen molar-refractivity contribution in [2.24, 2.45) is 5.73 Å². The lowest BCUT2D eigenvalue weighted by Gasteiger charge is -2.19. The summed E-state index contributed by atoms with van der Waals surface area (Å²) in [5.74, 6) is 0. The third-order valence-corrected chi connectivity index (χ3v) is 3.87. The van der Waals surface area contributed by atoms with E-state index in [4.69, 9.17) is 5.73 Å². The molecule has 4 N–H and O–H groups in total. The summed E-state index contributed by atoms with van der Waals surface area (Å²) < 4.78 is 1.06. The fourth-order valence-corrected chi connectivity index (χ4v) is 2.63. The Hall–Kier alpha value is -1.20. The van der Waals surface area contributed by atoms with Crippen LogP contribution >= 0.6 is 15.9 Å². The minimum atomic E-state index is -0.558. The molecule has 0 aliphatic heterocycles. The molecule has 0 saturated carbocycles. The molecule has 0 aromatic heterocycles. The molecule has 112 valence electrons. The maximum Gasteiger partial charge on any atom is 0.0818 e. The molecular weight excluding hydrogens is 328 g/mol. The molecule has 21 heavy (non-hydrogen) atoms. The highest BCUT2D eigenvalue weighted by molar-refractivity contribution is 9.10. The molecule has 0 fully saturated rings. The molecule has 0 unspecified atom stereocenters. The number of aliphatic hydroxyl groups excluding tert-OH is 1. The number of hydrogen-bond acceptors (Lipinski definition) is 3. The number of nitrogens with one attached hydrogen (secondary N) is 1. The quantitative estimate of drug-likeness (QED) is 0.720. The molecule has 0 radical (unpaired) electrons. The first kappa shape index (κ1) is 16.2. The van der Waals surface area contributed by atoms with E-state index in [1.165, 1.54) is 5.56 Å². The van der Waals surface area contributed by atoms with Crippen molar-refractivity contribution in [2.75, 3.05) is 6.54 Å². The van der Waals surface area contributed by atoms with E-state index in [0.29, 0.717) is 19.5 Å². The molecule has 3 nitrogen and oxygen atoms in total. The third-order valence-electron chi connectivity index (χ3n) is 3.38. The lowest BCUT2D eigenvalue weighted by molar-refractivity contribution is 0.141. The molecule has 0 heterocycles. The van der Waals surface area contributed by atoms with Crippen LogP contribution in [0.15, 0.2) is 59.1 Å². The van der Waals surface area contributed by atoms with Crippen LogP contribution in [0, 0.1) is 0 Å². The van der Waals surface area contributed by atoms with Crippen molar-refractivity contribution in [3.8, 4) is 0 Å². The summed E-state index contributed by atoms with van der Waals surface area (Å²) in [6, 6.07) is 17.8. The molecule has 0 saturated heterocycles. The molecule has 2 atom stereocenters. The Morgan fingerprint density at radius 3 is 2.48 bits per heavy atom. The lowest BCUT2D eigenvalue weighted by Crippen LogP contribution is -2.42. The second kappa shape index (κ2) is 8.29. The van der Waals surface area contributed by atoms with Crippen LogP contribution in [0.3, 0.4) is 0 Å². The van der Waals surface area contributed by atoms with Gasteiger partial charge in [0.15, 0.2) is 0 Å². The molecule has 4 heteroatoms. The van der Waals surface area contributed by atoms with E-state index in [9.17, 15) is 5.11 Å². The summed E-state index contributed by atoms with van der Waals surface area (Å²) in [4.78, 5) is 0. The van der Waals surface area contributed by atoms with E-state index in [0.717, 1.165) is 10.0 Å². The predicted octanol–water partition coefficient (Wildman–Crippen LogP) is 2.47. The molecule has 2 aromatic carbocycles. The first-order valence-corrected chi connectivity index (χ1v) is 7.87. The highest BCUT2D eigenvalue weighted by atomic mass is 79.9. The Morgan fingerprint density at radius 2 is 1.76 bits per heavy atom. The van der Waals surface area contributed by atoms with E-state index >= 15 is 0 Å². The van der Waals surface area contributed by atoms with Crippen molar-refractivity contribution >= 4 is 15.9 Å². The van der Waals surface area contributed by atoms with E-state index in [-0.39, 0.29) is 6.04 Å². The normalized spacial score (nSPS) is 13.9. The van der Waals surface area contributed by atoms with Gasteiger partial charge in [-0.1, -0.05) is 58.4 Å². The first-order valence-electron chi connectivity index (χ1n) is 7.08. The topological polar surface area (TPSA) is 58.3 Å². The molecule has 0 aliphatic carbocycles. The van der Waals surface area contributed by atoms with Crippen LogP contribution in [0.2, 0.25) is 0 Å². The van der Waals surface area contributed by atoms with Gasteiger partial charge in [0.25, 0.3) is 0 Å². The molecule has 2 rings (SSSR count). The van der Waals surface area contributed by atoms with Crippen LogP contribution in [-0.2, 0) is 13.0 Å². The van der Waals surface area contributed by atoms with E-state index < -0.39 is 6.10 Å². The average molecular weight is 349 g/mol. The Balaban J connectivity index is 1.75. The Labute approximate surface area is 134 Å². The van der Waals surface area contributed by atoms with Crippen LogP contribution < -0.4 is 11.1 Å². The second-order valence-electron chi connectivity index (χ2n) is 5.18. The molecule has 2 aromatic rings. The fraction of sp³-hybridized carbons (Fsp3) is 0.294. The maximum atomic E-state index is 10.1. The molecule has 0 bridgehead atoms. The van der Waals surface area contributed by atoms with Gasteiger partial charge in [-0.25, -0.2) is 0 Å². The van der Waals surface area contributed by atoms with Gasteiger partial charge in [-0.2, -0.15) is 0 Å². The van der Waals surface area contributed by atoms with Crippen LogP contribution in [0.5, 0.6) is 0 Å². The molecule has 0 aliphatic rings. The zero-order chi connectivity index (χ0) is 15.1. The van der Waals surface area contributed by atoms with Gasteiger partial charge in [0, 0.05) is 23.6 Å². The summed E-state index contributed by atoms with van der Waals surface area (Å²) in [7, 11) is 0. The zero-order valence-electron chi connectivity index (χ0n) is 11.9. The molecular formula is C17H21BrN2O. The highest BCUT2D eigenvalue weighted by Crippen LogP contribution is 2.11. The number of aliphatic hydroxyl groups is 1. The van der Waals surface area contributed by atoms with Crippen molar-refractivity contribution in [1.82, 2.24) is 5.32 Å². The Kier molecular flexibility index (Phi) is 6.39. The van der Waals surface area contributed by atoms with Crippen molar-refractivity contribution in [3.05, 3.63) is 70.2 Å². The van der Waals surface area contributed by atoms with Crippen LogP contribution in [0.25, 0.3) is 0 Å². The zero-order valence-corrected chi connectivity index (χ0v) is 13.5. The third kappa shape index (κ3) is 5.59. The SMILES string of the molecule is N[C@@H](Cc1ccccc1)[C@H](O)CNCc1cccc(Br)c1. The summed E-state index contributed by atoms with van der Waals surface area (Å²) in [6.45, 7) is 1.20. The van der Waals surface area contributed by atoms with Gasteiger partial charge in [0.1, 0.15) is 0 Å². The highest BCUT2D eigenvalue weighted by Gasteiger charge is 2.14. The smallest absolute Gasteiger partial charge is 0.0818 e. The Morgan fingerprint density at radius 1 is 1.05 bits per heavy atom. The summed E-state index contributed by atoms with van der Waals surface area (Å²) in [6.07, 6.45) is 0.123. The monoisotopic (exact) mass is 348 g/mol. The van der Waals surface area contributed by atoms with Crippen LogP contribution in [0.4, 0.5) is 0 Å². The van der Waals surface area contributed by atoms with E-state index in [1.807, 2.05) is 48.5 Å². The number of nitrogens with two attached hydrogens (primary N) is 1. The second-order valence-corrected chi connectivity index (χ2v) is 6.10. The number of halogens is 1. The predicted molar refractivity (Wildman–Crippen MR) is 90.0 cm³/mol. The summed E-state index contributed by atoms with van der Waals surface area (Å²) in [5.41, 5.74) is 8.38. The van der Waals surface area contributed by atoms with E-state index in [2.05, 4.69) is 27.3 Å². The van der Waals surface area contributed by atoms with Gasteiger partial charge in [-0.15, -0.1) is 0 Å². The maximum absolute atomic E-state index is 10.1. The number of hydrogen-bond donors (Lipinski definition) is 3. The standard InChI is InChI=1S/C17H21BrN2O/c18-15-8-4-7-14(9-15)11-20-12-17(21)16(19)10-13-5-2-1-3-6-13/h1-9,16-17,20-21H,10-12,19H2/t16-,17+/m0/s1. The van der Waals surface area contributed by atoms with Crippen molar-refractivity contribution < 1.29 is 5.11 Å².